The Morgan fingerprint density at radius 3 is 2.15 bits per heavy atom. The number of aryl methyl sites for hydroxylation is 1. The van der Waals surface area contributed by atoms with Gasteiger partial charge in [-0.15, -0.1) is 11.8 Å². The molecule has 5 aromatic carbocycles. The Labute approximate surface area is 281 Å². The van der Waals surface area contributed by atoms with Gasteiger partial charge in [-0.25, -0.2) is 0 Å². The number of rotatable bonds is 10. The van der Waals surface area contributed by atoms with Gasteiger partial charge in [-0.05, 0) is 72.7 Å². The molecular weight excluding hydrogens is 637 g/mol. The van der Waals surface area contributed by atoms with E-state index in [1.807, 2.05) is 73.7 Å². The molecule has 0 radical (unpaired) electrons. The minimum Gasteiger partial charge on any atom is -0.323 e. The number of anilines is 2. The van der Waals surface area contributed by atoms with E-state index in [1.54, 1.807) is 66.7 Å². The van der Waals surface area contributed by atoms with Gasteiger partial charge in [0.2, 0.25) is 5.91 Å². The van der Waals surface area contributed by atoms with E-state index in [9.17, 15) is 14.4 Å². The highest BCUT2D eigenvalue weighted by Gasteiger charge is 2.23. The maximum absolute atomic E-state index is 13.6. The molecular formula is C37H29Cl2N3O3S. The first-order valence-corrected chi connectivity index (χ1v) is 15.9. The average Bonchev–Trinajstić information content (AvgIpc) is 3.07. The summed E-state index contributed by atoms with van der Waals surface area (Å²) < 4.78 is 0. The molecule has 0 heterocycles. The lowest BCUT2D eigenvalue weighted by Gasteiger charge is -2.18. The van der Waals surface area contributed by atoms with E-state index in [1.165, 1.54) is 11.8 Å². The van der Waals surface area contributed by atoms with E-state index in [0.717, 1.165) is 21.6 Å². The first kappa shape index (κ1) is 32.6. The number of carbonyl (C=O) groups excluding carboxylic acids is 3. The molecule has 46 heavy (non-hydrogen) atoms. The predicted octanol–water partition coefficient (Wildman–Crippen LogP) is 9.18. The van der Waals surface area contributed by atoms with Gasteiger partial charge in [0.15, 0.2) is 0 Å². The molecule has 0 saturated heterocycles. The molecule has 0 bridgehead atoms. The molecule has 1 unspecified atom stereocenters. The van der Waals surface area contributed by atoms with Crippen molar-refractivity contribution in [2.45, 2.75) is 17.1 Å². The molecule has 5 aromatic rings. The van der Waals surface area contributed by atoms with E-state index in [0.29, 0.717) is 27.0 Å². The van der Waals surface area contributed by atoms with Crippen LogP contribution in [0.5, 0.6) is 0 Å². The van der Waals surface area contributed by atoms with Gasteiger partial charge in [-0.3, -0.25) is 14.4 Å². The predicted molar refractivity (Wildman–Crippen MR) is 188 cm³/mol. The van der Waals surface area contributed by atoms with E-state index in [4.69, 9.17) is 23.2 Å². The third-order valence-corrected chi connectivity index (χ3v) is 8.60. The van der Waals surface area contributed by atoms with Gasteiger partial charge >= 0.3 is 0 Å². The summed E-state index contributed by atoms with van der Waals surface area (Å²) in [6.45, 7) is 1.97. The minimum absolute atomic E-state index is 0.0794. The number of carbonyl (C=O) groups is 3. The molecule has 1 atom stereocenters. The second-order valence-corrected chi connectivity index (χ2v) is 12.3. The topological polar surface area (TPSA) is 87.3 Å². The molecule has 0 aliphatic heterocycles. The van der Waals surface area contributed by atoms with E-state index in [2.05, 4.69) is 16.0 Å². The van der Waals surface area contributed by atoms with Crippen LogP contribution in [0.15, 0.2) is 138 Å². The summed E-state index contributed by atoms with van der Waals surface area (Å²) in [5.41, 5.74) is 4.01. The SMILES string of the molecule is Cc1ccc(/C=C(/NC(=O)c2ccccc2)C(=O)Nc2cccc(SC(C(=O)Nc3cc(Cl)ccc3Cl)c3ccccc3)c2)cc1. The van der Waals surface area contributed by atoms with Crippen molar-refractivity contribution in [2.75, 3.05) is 10.6 Å². The summed E-state index contributed by atoms with van der Waals surface area (Å²) in [5.74, 6) is -1.20. The zero-order chi connectivity index (χ0) is 32.5. The van der Waals surface area contributed by atoms with E-state index >= 15 is 0 Å². The van der Waals surface area contributed by atoms with Gasteiger partial charge in [0.25, 0.3) is 11.8 Å². The summed E-state index contributed by atoms with van der Waals surface area (Å²) in [6, 6.07) is 37.7. The Morgan fingerprint density at radius 1 is 0.739 bits per heavy atom. The second-order valence-electron chi connectivity index (χ2n) is 10.3. The van der Waals surface area contributed by atoms with Crippen LogP contribution in [0.25, 0.3) is 6.08 Å². The number of amides is 3. The number of hydrogen-bond donors (Lipinski definition) is 3. The summed E-state index contributed by atoms with van der Waals surface area (Å²) >= 11 is 13.8. The molecule has 3 amide bonds. The standard InChI is InChI=1S/C37H29Cl2N3O3S/c1-24-15-17-25(18-16-24)21-33(42-35(43)27-11-6-3-7-12-27)36(44)40-29-13-8-14-30(23-29)46-34(26-9-4-2-5-10-26)37(45)41-32-22-28(38)19-20-31(32)39/h2-23,34H,1H3,(H,40,44)(H,41,45)(H,42,43)/b33-21+. The molecule has 3 N–H and O–H groups in total. The van der Waals surface area contributed by atoms with Crippen LogP contribution in [-0.2, 0) is 9.59 Å². The van der Waals surface area contributed by atoms with Crippen molar-refractivity contribution in [1.29, 1.82) is 0 Å². The molecule has 6 nitrogen and oxygen atoms in total. The van der Waals surface area contributed by atoms with Crippen LogP contribution in [0.1, 0.15) is 32.3 Å². The fraction of sp³-hybridized carbons (Fsp3) is 0.0541. The van der Waals surface area contributed by atoms with Crippen LogP contribution >= 0.6 is 35.0 Å². The van der Waals surface area contributed by atoms with Crippen LogP contribution in [-0.4, -0.2) is 17.7 Å². The van der Waals surface area contributed by atoms with Crippen molar-refractivity contribution < 1.29 is 14.4 Å². The zero-order valence-electron chi connectivity index (χ0n) is 24.7. The first-order valence-electron chi connectivity index (χ1n) is 14.3. The van der Waals surface area contributed by atoms with E-state index in [-0.39, 0.29) is 11.6 Å². The van der Waals surface area contributed by atoms with Crippen molar-refractivity contribution in [3.05, 3.63) is 165 Å². The molecule has 9 heteroatoms. The third-order valence-electron chi connectivity index (χ3n) is 6.79. The van der Waals surface area contributed by atoms with Crippen LogP contribution in [0.3, 0.4) is 0 Å². The Hall–Kier alpha value is -4.82. The van der Waals surface area contributed by atoms with Crippen LogP contribution in [0, 0.1) is 6.92 Å². The first-order chi connectivity index (χ1) is 22.2. The lowest BCUT2D eigenvalue weighted by Crippen LogP contribution is -2.30. The quantitative estimate of drug-likeness (QED) is 0.103. The van der Waals surface area contributed by atoms with Crippen LogP contribution in [0.4, 0.5) is 11.4 Å². The average molecular weight is 667 g/mol. The highest BCUT2D eigenvalue weighted by atomic mass is 35.5. The summed E-state index contributed by atoms with van der Waals surface area (Å²) in [6.07, 6.45) is 1.63. The molecule has 0 spiro atoms. The number of thioether (sulfide) groups is 1. The van der Waals surface area contributed by atoms with Gasteiger partial charge < -0.3 is 16.0 Å². The Balaban J connectivity index is 1.38. The molecule has 0 saturated carbocycles. The Morgan fingerprint density at radius 2 is 1.43 bits per heavy atom. The summed E-state index contributed by atoms with van der Waals surface area (Å²) in [7, 11) is 0. The van der Waals surface area contributed by atoms with Crippen LogP contribution < -0.4 is 16.0 Å². The number of benzene rings is 5. The number of nitrogens with one attached hydrogen (secondary N) is 3. The third kappa shape index (κ3) is 8.88. The Kier molecular flexibility index (Phi) is 10.9. The monoisotopic (exact) mass is 665 g/mol. The van der Waals surface area contributed by atoms with Gasteiger partial charge in [-0.2, -0.15) is 0 Å². The second kappa shape index (κ2) is 15.5. The summed E-state index contributed by atoms with van der Waals surface area (Å²) in [4.78, 5) is 40.9. The van der Waals surface area contributed by atoms with Gasteiger partial charge in [0.1, 0.15) is 10.9 Å². The maximum atomic E-state index is 13.6. The fourth-order valence-electron chi connectivity index (χ4n) is 4.45. The highest BCUT2D eigenvalue weighted by Crippen LogP contribution is 2.38. The lowest BCUT2D eigenvalue weighted by atomic mass is 10.1. The smallest absolute Gasteiger partial charge is 0.272 e. The molecule has 230 valence electrons. The van der Waals surface area contributed by atoms with Crippen molar-refractivity contribution in [1.82, 2.24) is 5.32 Å². The van der Waals surface area contributed by atoms with Crippen molar-refractivity contribution in [3.63, 3.8) is 0 Å². The van der Waals surface area contributed by atoms with Gasteiger partial charge in [-0.1, -0.05) is 108 Å². The van der Waals surface area contributed by atoms with Crippen LogP contribution in [0.2, 0.25) is 10.0 Å². The van der Waals surface area contributed by atoms with Crippen molar-refractivity contribution in [2.24, 2.45) is 0 Å². The molecule has 0 fully saturated rings. The van der Waals surface area contributed by atoms with Crippen molar-refractivity contribution in [3.8, 4) is 0 Å². The maximum Gasteiger partial charge on any atom is 0.272 e. The minimum atomic E-state index is -0.649. The zero-order valence-corrected chi connectivity index (χ0v) is 27.0. The molecule has 0 aromatic heterocycles. The summed E-state index contributed by atoms with van der Waals surface area (Å²) in [5, 5.41) is 8.73. The Bertz CT molecular complexity index is 1880. The molecule has 5 rings (SSSR count). The molecule has 0 aliphatic rings. The lowest BCUT2D eigenvalue weighted by molar-refractivity contribution is -0.116. The van der Waals surface area contributed by atoms with E-state index < -0.39 is 17.1 Å². The highest BCUT2D eigenvalue weighted by molar-refractivity contribution is 8.00. The number of halogens is 2. The van der Waals surface area contributed by atoms with Gasteiger partial charge in [0.05, 0.1) is 10.7 Å². The van der Waals surface area contributed by atoms with Crippen molar-refractivity contribution >= 4 is 70.1 Å². The normalized spacial score (nSPS) is 11.8. The number of hydrogen-bond acceptors (Lipinski definition) is 4. The fourth-order valence-corrected chi connectivity index (χ4v) is 5.87. The largest absolute Gasteiger partial charge is 0.323 e. The van der Waals surface area contributed by atoms with Gasteiger partial charge in [0, 0.05) is 21.2 Å². The molecule has 0 aliphatic carbocycles.